The van der Waals surface area contributed by atoms with E-state index in [1.165, 1.54) is 11.3 Å². The van der Waals surface area contributed by atoms with Crippen LogP contribution < -0.4 is 0 Å². The fourth-order valence-corrected chi connectivity index (χ4v) is 3.82. The minimum Gasteiger partial charge on any atom is -0.396 e. The molecule has 1 aliphatic heterocycles. The van der Waals surface area contributed by atoms with E-state index in [4.69, 9.17) is 28.3 Å². The van der Waals surface area contributed by atoms with Crippen LogP contribution in [-0.2, 0) is 0 Å². The van der Waals surface area contributed by atoms with E-state index in [1.807, 2.05) is 4.90 Å². The first kappa shape index (κ1) is 14.1. The van der Waals surface area contributed by atoms with E-state index in [9.17, 15) is 4.79 Å². The lowest BCUT2D eigenvalue weighted by atomic mass is 10.1. The van der Waals surface area contributed by atoms with Crippen LogP contribution in [0.15, 0.2) is 6.07 Å². The van der Waals surface area contributed by atoms with Gasteiger partial charge in [-0.3, -0.25) is 4.79 Å². The first-order valence-corrected chi connectivity index (χ1v) is 7.57. The minimum atomic E-state index is -0.0383. The summed E-state index contributed by atoms with van der Waals surface area (Å²) in [7, 11) is 0. The number of aliphatic hydroxyl groups is 1. The van der Waals surface area contributed by atoms with E-state index < -0.39 is 0 Å². The maximum absolute atomic E-state index is 12.4. The highest BCUT2D eigenvalue weighted by Crippen LogP contribution is 2.33. The van der Waals surface area contributed by atoms with Gasteiger partial charge >= 0.3 is 0 Å². The van der Waals surface area contributed by atoms with Gasteiger partial charge in [-0.2, -0.15) is 0 Å². The summed E-state index contributed by atoms with van der Waals surface area (Å²) in [6.45, 7) is 0.933. The number of nitrogens with zero attached hydrogens (tertiary/aromatic N) is 1. The molecule has 100 valence electrons. The zero-order valence-corrected chi connectivity index (χ0v) is 12.2. The number of aliphatic hydroxyl groups excluding tert-OH is 1. The average Bonchev–Trinajstić information content (AvgIpc) is 2.92. The van der Waals surface area contributed by atoms with Crippen molar-refractivity contribution >= 4 is 40.4 Å². The van der Waals surface area contributed by atoms with Crippen molar-refractivity contribution in [3.63, 3.8) is 0 Å². The van der Waals surface area contributed by atoms with Gasteiger partial charge in [0.15, 0.2) is 0 Å². The molecule has 1 aliphatic rings. The topological polar surface area (TPSA) is 40.5 Å². The second-order valence-corrected chi connectivity index (χ2v) is 6.68. The quantitative estimate of drug-likeness (QED) is 0.925. The molecule has 0 radical (unpaired) electrons. The summed E-state index contributed by atoms with van der Waals surface area (Å²) < 4.78 is 0.993. The number of likely N-dealkylation sites (tertiary alicyclic amines) is 1. The van der Waals surface area contributed by atoms with Crippen molar-refractivity contribution in [3.05, 3.63) is 20.3 Å². The van der Waals surface area contributed by atoms with Crippen LogP contribution in [0.1, 0.15) is 36.0 Å². The Balaban J connectivity index is 2.10. The maximum atomic E-state index is 12.4. The molecule has 18 heavy (non-hydrogen) atoms. The second kappa shape index (κ2) is 6.24. The summed E-state index contributed by atoms with van der Waals surface area (Å²) in [5.41, 5.74) is 0.502. The molecule has 0 saturated carbocycles. The molecule has 1 amide bonds. The van der Waals surface area contributed by atoms with Crippen LogP contribution in [0, 0.1) is 0 Å². The van der Waals surface area contributed by atoms with E-state index >= 15 is 0 Å². The molecule has 1 aromatic heterocycles. The molecule has 2 heterocycles. The SMILES string of the molecule is O=C(c1cc(Cl)sc1Cl)N1CCCC1CCCO. The van der Waals surface area contributed by atoms with E-state index in [0.29, 0.717) is 14.2 Å². The lowest BCUT2D eigenvalue weighted by Gasteiger charge is -2.24. The van der Waals surface area contributed by atoms with Crippen molar-refractivity contribution in [3.8, 4) is 0 Å². The van der Waals surface area contributed by atoms with Crippen molar-refractivity contribution in [1.82, 2.24) is 4.90 Å². The molecule has 1 N–H and O–H groups in total. The highest BCUT2D eigenvalue weighted by atomic mass is 35.5. The standard InChI is InChI=1S/C12H15Cl2NO2S/c13-10-7-9(11(14)18-10)12(17)15-5-1-3-8(15)4-2-6-16/h7-8,16H,1-6H2. The van der Waals surface area contributed by atoms with Gasteiger partial charge in [-0.1, -0.05) is 23.2 Å². The molecule has 0 bridgehead atoms. The fraction of sp³-hybridized carbons (Fsp3) is 0.583. The first-order valence-electron chi connectivity index (χ1n) is 6.00. The molecule has 2 rings (SSSR count). The summed E-state index contributed by atoms with van der Waals surface area (Å²) in [4.78, 5) is 14.2. The van der Waals surface area contributed by atoms with Gasteiger partial charge in [0.25, 0.3) is 5.91 Å². The molecule has 0 spiro atoms. The third-order valence-corrected chi connectivity index (χ3v) is 4.71. The minimum absolute atomic E-state index is 0.0383. The number of hydrogen-bond acceptors (Lipinski definition) is 3. The Morgan fingerprint density at radius 3 is 2.94 bits per heavy atom. The first-order chi connectivity index (χ1) is 8.63. The van der Waals surface area contributed by atoms with Crippen molar-refractivity contribution < 1.29 is 9.90 Å². The number of carbonyl (C=O) groups excluding carboxylic acids is 1. The van der Waals surface area contributed by atoms with Crippen molar-refractivity contribution in [2.45, 2.75) is 31.7 Å². The van der Waals surface area contributed by atoms with Gasteiger partial charge in [0.05, 0.1) is 9.90 Å². The summed E-state index contributed by atoms with van der Waals surface area (Å²) in [6, 6.07) is 1.86. The highest BCUT2D eigenvalue weighted by molar-refractivity contribution is 7.20. The van der Waals surface area contributed by atoms with E-state index in [0.717, 1.165) is 32.2 Å². The predicted molar refractivity (Wildman–Crippen MR) is 74.7 cm³/mol. The monoisotopic (exact) mass is 307 g/mol. The van der Waals surface area contributed by atoms with Gasteiger partial charge in [0.2, 0.25) is 0 Å². The van der Waals surface area contributed by atoms with Gasteiger partial charge in [-0.15, -0.1) is 11.3 Å². The Morgan fingerprint density at radius 2 is 2.33 bits per heavy atom. The average molecular weight is 308 g/mol. The number of hydrogen-bond donors (Lipinski definition) is 1. The third-order valence-electron chi connectivity index (χ3n) is 3.22. The largest absolute Gasteiger partial charge is 0.396 e. The maximum Gasteiger partial charge on any atom is 0.256 e. The van der Waals surface area contributed by atoms with E-state index in [1.54, 1.807) is 6.07 Å². The van der Waals surface area contributed by atoms with Gasteiger partial charge in [-0.05, 0) is 31.7 Å². The molecular weight excluding hydrogens is 293 g/mol. The Bertz CT molecular complexity index is 436. The Labute approximate surface area is 120 Å². The number of amides is 1. The number of carbonyl (C=O) groups is 1. The van der Waals surface area contributed by atoms with Crippen LogP contribution in [0.3, 0.4) is 0 Å². The van der Waals surface area contributed by atoms with Gasteiger partial charge in [0, 0.05) is 19.2 Å². The van der Waals surface area contributed by atoms with Crippen molar-refractivity contribution in [2.24, 2.45) is 0 Å². The van der Waals surface area contributed by atoms with E-state index in [-0.39, 0.29) is 18.6 Å². The third kappa shape index (κ3) is 2.99. The summed E-state index contributed by atoms with van der Waals surface area (Å²) in [5, 5.41) is 8.88. The zero-order chi connectivity index (χ0) is 13.1. The smallest absolute Gasteiger partial charge is 0.256 e. The normalized spacial score (nSPS) is 19.5. The Kier molecular flexibility index (Phi) is 4.90. The Hall–Kier alpha value is -0.290. The molecule has 0 aromatic carbocycles. The molecule has 3 nitrogen and oxygen atoms in total. The van der Waals surface area contributed by atoms with Gasteiger partial charge in [0.1, 0.15) is 4.34 Å². The molecule has 1 saturated heterocycles. The highest BCUT2D eigenvalue weighted by Gasteiger charge is 2.30. The zero-order valence-electron chi connectivity index (χ0n) is 9.86. The lowest BCUT2D eigenvalue weighted by Crippen LogP contribution is -2.35. The van der Waals surface area contributed by atoms with Gasteiger partial charge < -0.3 is 10.0 Å². The Morgan fingerprint density at radius 1 is 1.56 bits per heavy atom. The summed E-state index contributed by atoms with van der Waals surface area (Å²) in [6.07, 6.45) is 3.59. The summed E-state index contributed by atoms with van der Waals surface area (Å²) in [5.74, 6) is -0.0383. The van der Waals surface area contributed by atoms with Crippen LogP contribution in [0.2, 0.25) is 8.67 Å². The second-order valence-electron chi connectivity index (χ2n) is 4.40. The van der Waals surface area contributed by atoms with Crippen LogP contribution in [0.5, 0.6) is 0 Å². The number of thiophene rings is 1. The number of rotatable bonds is 4. The molecule has 6 heteroatoms. The molecule has 1 unspecified atom stereocenters. The van der Waals surface area contributed by atoms with Gasteiger partial charge in [-0.25, -0.2) is 0 Å². The van der Waals surface area contributed by atoms with Crippen LogP contribution >= 0.6 is 34.5 Å². The van der Waals surface area contributed by atoms with Crippen LogP contribution in [-0.4, -0.2) is 35.1 Å². The molecule has 1 fully saturated rings. The lowest BCUT2D eigenvalue weighted by molar-refractivity contribution is 0.0725. The van der Waals surface area contributed by atoms with E-state index in [2.05, 4.69) is 0 Å². The van der Waals surface area contributed by atoms with Crippen molar-refractivity contribution in [1.29, 1.82) is 0 Å². The molecular formula is C12H15Cl2NO2S. The molecule has 1 atom stereocenters. The number of halogens is 2. The summed E-state index contributed by atoms with van der Waals surface area (Å²) >= 11 is 13.1. The van der Waals surface area contributed by atoms with Crippen LogP contribution in [0.25, 0.3) is 0 Å². The van der Waals surface area contributed by atoms with Crippen LogP contribution in [0.4, 0.5) is 0 Å². The van der Waals surface area contributed by atoms with Crippen molar-refractivity contribution in [2.75, 3.05) is 13.2 Å². The molecule has 0 aliphatic carbocycles. The molecule has 1 aromatic rings. The fourth-order valence-electron chi connectivity index (χ4n) is 2.37. The predicted octanol–water partition coefficient (Wildman–Crippen LogP) is 3.43.